The van der Waals surface area contributed by atoms with Gasteiger partial charge in [-0.15, -0.1) is 0 Å². The zero-order valence-corrected chi connectivity index (χ0v) is 9.47. The van der Waals surface area contributed by atoms with Crippen LogP contribution >= 0.6 is 11.6 Å². The quantitative estimate of drug-likeness (QED) is 0.790. The summed E-state index contributed by atoms with van der Waals surface area (Å²) in [6.45, 7) is 3.33. The van der Waals surface area contributed by atoms with E-state index in [2.05, 4.69) is 17.2 Å². The average molecular weight is 239 g/mol. The SMILES string of the molecule is C=CC(=O)Nc1cc(C(=O)NC)ccc1Cl. The lowest BCUT2D eigenvalue weighted by Crippen LogP contribution is -2.18. The third kappa shape index (κ3) is 2.84. The molecule has 1 rings (SSSR count). The van der Waals surface area contributed by atoms with Crippen LogP contribution in [0.5, 0.6) is 0 Å². The van der Waals surface area contributed by atoms with E-state index in [0.717, 1.165) is 6.08 Å². The van der Waals surface area contributed by atoms with Crippen molar-refractivity contribution < 1.29 is 9.59 Å². The molecular weight excluding hydrogens is 228 g/mol. The van der Waals surface area contributed by atoms with E-state index in [0.29, 0.717) is 16.3 Å². The van der Waals surface area contributed by atoms with Crippen molar-refractivity contribution in [3.05, 3.63) is 41.4 Å². The van der Waals surface area contributed by atoms with Crippen molar-refractivity contribution in [1.82, 2.24) is 5.32 Å². The van der Waals surface area contributed by atoms with Gasteiger partial charge in [0.1, 0.15) is 0 Å². The molecule has 0 saturated heterocycles. The van der Waals surface area contributed by atoms with Gasteiger partial charge in [-0.05, 0) is 24.3 Å². The fraction of sp³-hybridized carbons (Fsp3) is 0.0909. The van der Waals surface area contributed by atoms with Gasteiger partial charge in [0.05, 0.1) is 10.7 Å². The van der Waals surface area contributed by atoms with Crippen LogP contribution in [0.2, 0.25) is 5.02 Å². The van der Waals surface area contributed by atoms with Crippen LogP contribution in [0.4, 0.5) is 5.69 Å². The summed E-state index contributed by atoms with van der Waals surface area (Å²) < 4.78 is 0. The molecule has 5 heteroatoms. The molecule has 2 N–H and O–H groups in total. The molecule has 0 aliphatic heterocycles. The van der Waals surface area contributed by atoms with E-state index in [9.17, 15) is 9.59 Å². The Morgan fingerprint density at radius 1 is 1.44 bits per heavy atom. The second-order valence-corrected chi connectivity index (χ2v) is 3.37. The maximum Gasteiger partial charge on any atom is 0.251 e. The lowest BCUT2D eigenvalue weighted by Gasteiger charge is -2.07. The molecule has 0 bridgehead atoms. The molecular formula is C11H11ClN2O2. The third-order valence-corrected chi connectivity index (χ3v) is 2.23. The topological polar surface area (TPSA) is 58.2 Å². The fourth-order valence-corrected chi connectivity index (χ4v) is 1.26. The van der Waals surface area contributed by atoms with Crippen molar-refractivity contribution in [2.75, 3.05) is 12.4 Å². The van der Waals surface area contributed by atoms with Gasteiger partial charge >= 0.3 is 0 Å². The van der Waals surface area contributed by atoms with Crippen LogP contribution in [-0.4, -0.2) is 18.9 Å². The van der Waals surface area contributed by atoms with Crippen LogP contribution in [-0.2, 0) is 4.79 Å². The Morgan fingerprint density at radius 3 is 2.69 bits per heavy atom. The van der Waals surface area contributed by atoms with Crippen molar-refractivity contribution in [1.29, 1.82) is 0 Å². The second kappa shape index (κ2) is 5.32. The highest BCUT2D eigenvalue weighted by molar-refractivity contribution is 6.34. The molecule has 0 atom stereocenters. The molecule has 1 aromatic carbocycles. The molecule has 1 aromatic rings. The average Bonchev–Trinajstić information content (AvgIpc) is 2.30. The number of carbonyl (C=O) groups is 2. The Kier molecular flexibility index (Phi) is 4.08. The summed E-state index contributed by atoms with van der Waals surface area (Å²) >= 11 is 5.86. The van der Waals surface area contributed by atoms with E-state index in [-0.39, 0.29) is 11.8 Å². The van der Waals surface area contributed by atoms with Gasteiger partial charge in [0.25, 0.3) is 5.91 Å². The number of carbonyl (C=O) groups excluding carboxylic acids is 2. The second-order valence-electron chi connectivity index (χ2n) is 2.97. The maximum atomic E-state index is 11.3. The summed E-state index contributed by atoms with van der Waals surface area (Å²) in [6.07, 6.45) is 1.13. The molecule has 0 unspecified atom stereocenters. The van der Waals surface area contributed by atoms with Gasteiger partial charge in [-0.2, -0.15) is 0 Å². The highest BCUT2D eigenvalue weighted by Gasteiger charge is 2.08. The highest BCUT2D eigenvalue weighted by Crippen LogP contribution is 2.23. The number of benzene rings is 1. The minimum Gasteiger partial charge on any atom is -0.355 e. The summed E-state index contributed by atoms with van der Waals surface area (Å²) in [5.74, 6) is -0.623. The van der Waals surface area contributed by atoms with Crippen LogP contribution in [0.1, 0.15) is 10.4 Å². The largest absolute Gasteiger partial charge is 0.355 e. The summed E-state index contributed by atoms with van der Waals surface area (Å²) in [6, 6.07) is 4.62. The molecule has 0 saturated carbocycles. The van der Waals surface area contributed by atoms with Gasteiger partial charge in [-0.1, -0.05) is 18.2 Å². The van der Waals surface area contributed by atoms with E-state index in [1.165, 1.54) is 13.1 Å². The fourth-order valence-electron chi connectivity index (χ4n) is 1.09. The predicted molar refractivity (Wildman–Crippen MR) is 63.7 cm³/mol. The smallest absolute Gasteiger partial charge is 0.251 e. The summed E-state index contributed by atoms with van der Waals surface area (Å²) in [7, 11) is 1.53. The van der Waals surface area contributed by atoms with Crippen molar-refractivity contribution in [3.8, 4) is 0 Å². The lowest BCUT2D eigenvalue weighted by molar-refractivity contribution is -0.111. The summed E-state index contributed by atoms with van der Waals surface area (Å²) in [4.78, 5) is 22.4. The monoisotopic (exact) mass is 238 g/mol. The van der Waals surface area contributed by atoms with Gasteiger partial charge in [0.15, 0.2) is 0 Å². The van der Waals surface area contributed by atoms with Crippen molar-refractivity contribution in [2.24, 2.45) is 0 Å². The first-order valence-electron chi connectivity index (χ1n) is 4.53. The first-order valence-corrected chi connectivity index (χ1v) is 4.91. The van der Waals surface area contributed by atoms with E-state index in [1.807, 2.05) is 0 Å². The van der Waals surface area contributed by atoms with Crippen LogP contribution in [0, 0.1) is 0 Å². The van der Waals surface area contributed by atoms with E-state index >= 15 is 0 Å². The van der Waals surface area contributed by atoms with Gasteiger partial charge in [-0.25, -0.2) is 0 Å². The normalized spacial score (nSPS) is 9.38. The van der Waals surface area contributed by atoms with Crippen LogP contribution in [0.25, 0.3) is 0 Å². The molecule has 0 aliphatic rings. The van der Waals surface area contributed by atoms with Crippen molar-refractivity contribution in [2.45, 2.75) is 0 Å². The highest BCUT2D eigenvalue weighted by atomic mass is 35.5. The first kappa shape index (κ1) is 12.3. The summed E-state index contributed by atoms with van der Waals surface area (Å²) in [5.41, 5.74) is 0.805. The van der Waals surface area contributed by atoms with Crippen molar-refractivity contribution in [3.63, 3.8) is 0 Å². The molecule has 4 nitrogen and oxygen atoms in total. The molecule has 0 aromatic heterocycles. The minimum atomic E-state index is -0.379. The lowest BCUT2D eigenvalue weighted by atomic mass is 10.2. The zero-order chi connectivity index (χ0) is 12.1. The third-order valence-electron chi connectivity index (χ3n) is 1.90. The Balaban J connectivity index is 3.03. The molecule has 0 fully saturated rings. The predicted octanol–water partition coefficient (Wildman–Crippen LogP) is 1.82. The number of nitrogens with one attached hydrogen (secondary N) is 2. The number of hydrogen-bond acceptors (Lipinski definition) is 2. The molecule has 16 heavy (non-hydrogen) atoms. The van der Waals surface area contributed by atoms with Crippen LogP contribution < -0.4 is 10.6 Å². The minimum absolute atomic E-state index is 0.245. The molecule has 0 aliphatic carbocycles. The Morgan fingerprint density at radius 2 is 2.12 bits per heavy atom. The number of rotatable bonds is 3. The summed E-state index contributed by atoms with van der Waals surface area (Å²) in [5, 5.41) is 5.35. The van der Waals surface area contributed by atoms with Gasteiger partial charge in [0.2, 0.25) is 5.91 Å². The first-order chi connectivity index (χ1) is 7.58. The number of amides is 2. The van der Waals surface area contributed by atoms with Gasteiger partial charge in [0, 0.05) is 12.6 Å². The van der Waals surface area contributed by atoms with Crippen molar-refractivity contribution >= 4 is 29.1 Å². The Bertz CT molecular complexity index is 444. The molecule has 0 spiro atoms. The molecule has 0 heterocycles. The molecule has 84 valence electrons. The van der Waals surface area contributed by atoms with Gasteiger partial charge in [-0.3, -0.25) is 9.59 Å². The number of halogens is 1. The standard InChI is InChI=1S/C11H11ClN2O2/c1-3-10(15)14-9-6-7(11(16)13-2)4-5-8(9)12/h3-6H,1H2,2H3,(H,13,16)(H,14,15). The van der Waals surface area contributed by atoms with E-state index < -0.39 is 0 Å². The van der Waals surface area contributed by atoms with E-state index in [1.54, 1.807) is 12.1 Å². The molecule has 0 radical (unpaired) electrons. The maximum absolute atomic E-state index is 11.3. The number of hydrogen-bond donors (Lipinski definition) is 2. The van der Waals surface area contributed by atoms with Crippen LogP contribution in [0.15, 0.2) is 30.9 Å². The van der Waals surface area contributed by atoms with Gasteiger partial charge < -0.3 is 10.6 Å². The Labute approximate surface area is 98.3 Å². The van der Waals surface area contributed by atoms with Crippen LogP contribution in [0.3, 0.4) is 0 Å². The van der Waals surface area contributed by atoms with E-state index in [4.69, 9.17) is 11.6 Å². The molecule has 2 amide bonds. The number of anilines is 1. The Hall–Kier alpha value is -1.81. The zero-order valence-electron chi connectivity index (χ0n) is 8.71.